The van der Waals surface area contributed by atoms with Crippen molar-refractivity contribution < 1.29 is 18.9 Å². The quantitative estimate of drug-likeness (QED) is 0.0398. The van der Waals surface area contributed by atoms with Gasteiger partial charge in [0.15, 0.2) is 23.0 Å². The third kappa shape index (κ3) is 12.3. The van der Waals surface area contributed by atoms with Crippen molar-refractivity contribution in [1.29, 1.82) is 0 Å². The van der Waals surface area contributed by atoms with E-state index in [1.165, 1.54) is 0 Å². The maximum atomic E-state index is 5.91. The highest BCUT2D eigenvalue weighted by Crippen LogP contribution is 2.33. The maximum absolute atomic E-state index is 5.91. The molecular weight excluding hydrogens is 612 g/mol. The van der Waals surface area contributed by atoms with Gasteiger partial charge in [0.2, 0.25) is 0 Å². The van der Waals surface area contributed by atoms with Crippen LogP contribution in [0.3, 0.4) is 0 Å². The average molecular weight is 661 g/mol. The zero-order valence-electron chi connectivity index (χ0n) is 27.3. The number of hydrogen-bond acceptors (Lipinski definition) is 14. The molecule has 12 N–H and O–H groups in total. The van der Waals surface area contributed by atoms with Gasteiger partial charge in [-0.05, 0) is 82.2 Å². The monoisotopic (exact) mass is 660 g/mol. The van der Waals surface area contributed by atoms with Crippen molar-refractivity contribution in [2.45, 2.75) is 25.7 Å². The molecule has 0 aromatic heterocycles. The van der Waals surface area contributed by atoms with Crippen LogP contribution >= 0.6 is 0 Å². The van der Waals surface area contributed by atoms with Crippen molar-refractivity contribution in [3.05, 3.63) is 71.8 Å². The van der Waals surface area contributed by atoms with E-state index in [1.807, 2.05) is 48.5 Å². The van der Waals surface area contributed by atoms with Crippen LogP contribution in [0.15, 0.2) is 80.9 Å². The fourth-order valence-corrected chi connectivity index (χ4v) is 4.15. The van der Waals surface area contributed by atoms with E-state index in [2.05, 4.69) is 20.2 Å². The molecule has 0 bridgehead atoms. The van der Waals surface area contributed by atoms with Gasteiger partial charge in [0, 0.05) is 23.3 Å². The molecule has 0 fully saturated rings. The Morgan fingerprint density at radius 2 is 0.875 bits per heavy atom. The molecule has 0 atom stereocenters. The summed E-state index contributed by atoms with van der Waals surface area (Å²) in [4.78, 5) is 9.17. The summed E-state index contributed by atoms with van der Waals surface area (Å²) in [6, 6.07) is 18.2. The van der Waals surface area contributed by atoms with Gasteiger partial charge in [0.25, 0.3) is 0 Å². The van der Waals surface area contributed by atoms with E-state index in [1.54, 1.807) is 24.6 Å². The molecule has 0 spiro atoms. The van der Waals surface area contributed by atoms with Crippen molar-refractivity contribution in [1.82, 2.24) is 0 Å². The minimum absolute atomic E-state index is 0.434. The number of hydrogen-bond donors (Lipinski definition) is 6. The first-order valence-electron chi connectivity index (χ1n) is 15.9. The molecule has 0 aliphatic heterocycles. The Labute approximate surface area is 281 Å². The minimum atomic E-state index is 0.434. The number of aliphatic imine (C=N–C) groups is 2. The van der Waals surface area contributed by atoms with Crippen molar-refractivity contribution in [3.8, 4) is 23.0 Å². The van der Waals surface area contributed by atoms with Gasteiger partial charge < -0.3 is 53.6 Å². The van der Waals surface area contributed by atoms with E-state index in [4.69, 9.17) is 53.6 Å². The molecule has 3 aromatic rings. The Morgan fingerprint density at radius 1 is 0.500 bits per heavy atom. The zero-order valence-corrected chi connectivity index (χ0v) is 27.3. The molecule has 14 nitrogen and oxygen atoms in total. The van der Waals surface area contributed by atoms with Crippen molar-refractivity contribution in [2.75, 3.05) is 52.6 Å². The SMILES string of the molecule is NCCCOc1ccc(N=C/C(=N\N)c2cccc(/C(C=Nc3ccc(OCCCN)c(OCCCN)c3)=N/N)c2)cc1OCCCN. The smallest absolute Gasteiger partial charge is 0.163 e. The van der Waals surface area contributed by atoms with Gasteiger partial charge in [-0.2, -0.15) is 10.2 Å². The van der Waals surface area contributed by atoms with Crippen molar-refractivity contribution >= 4 is 35.2 Å². The van der Waals surface area contributed by atoms with Gasteiger partial charge >= 0.3 is 0 Å². The molecule has 0 radical (unpaired) electrons. The van der Waals surface area contributed by atoms with Crippen molar-refractivity contribution in [3.63, 3.8) is 0 Å². The molecule has 48 heavy (non-hydrogen) atoms. The zero-order chi connectivity index (χ0) is 34.4. The largest absolute Gasteiger partial charge is 0.490 e. The van der Waals surface area contributed by atoms with E-state index >= 15 is 0 Å². The first kappa shape index (κ1) is 37.4. The highest BCUT2D eigenvalue weighted by atomic mass is 16.5. The lowest BCUT2D eigenvalue weighted by Gasteiger charge is -2.13. The molecule has 0 unspecified atom stereocenters. The number of hydrazone groups is 2. The van der Waals surface area contributed by atoms with E-state index in [-0.39, 0.29) is 0 Å². The van der Waals surface area contributed by atoms with Gasteiger partial charge in [-0.15, -0.1) is 0 Å². The number of benzene rings is 3. The van der Waals surface area contributed by atoms with Crippen LogP contribution in [0.5, 0.6) is 23.0 Å². The van der Waals surface area contributed by atoms with E-state index < -0.39 is 0 Å². The summed E-state index contributed by atoms with van der Waals surface area (Å²) >= 11 is 0. The van der Waals surface area contributed by atoms with Gasteiger partial charge in [0.05, 0.1) is 50.2 Å². The number of rotatable bonds is 22. The summed E-state index contributed by atoms with van der Waals surface area (Å²) in [6.45, 7) is 3.96. The van der Waals surface area contributed by atoms with Crippen molar-refractivity contribution in [2.24, 2.45) is 54.8 Å². The van der Waals surface area contributed by atoms with Crippen LogP contribution in [-0.4, -0.2) is 76.5 Å². The van der Waals surface area contributed by atoms with Crippen LogP contribution < -0.4 is 53.6 Å². The normalized spacial score (nSPS) is 12.2. The Hall–Kier alpha value is -5.02. The van der Waals surface area contributed by atoms with Gasteiger partial charge in [-0.3, -0.25) is 9.98 Å². The Balaban J connectivity index is 1.79. The summed E-state index contributed by atoms with van der Waals surface area (Å²) in [6.07, 6.45) is 6.01. The second-order valence-corrected chi connectivity index (χ2v) is 10.4. The molecule has 3 rings (SSSR count). The Kier molecular flexibility index (Phi) is 16.9. The fraction of sp³-hybridized carbons (Fsp3) is 0.353. The van der Waals surface area contributed by atoms with Gasteiger partial charge in [0.1, 0.15) is 11.4 Å². The summed E-state index contributed by atoms with van der Waals surface area (Å²) in [5, 5.41) is 7.92. The lowest BCUT2D eigenvalue weighted by molar-refractivity contribution is 0.265. The summed E-state index contributed by atoms with van der Waals surface area (Å²) in [5.74, 6) is 13.9. The molecule has 258 valence electrons. The molecule has 3 aromatic carbocycles. The second kappa shape index (κ2) is 21.7. The molecule has 0 saturated carbocycles. The molecule has 0 aliphatic carbocycles. The summed E-state index contributed by atoms with van der Waals surface area (Å²) in [7, 11) is 0. The van der Waals surface area contributed by atoms with Crippen LogP contribution in [0.1, 0.15) is 36.8 Å². The maximum Gasteiger partial charge on any atom is 0.163 e. The van der Waals surface area contributed by atoms with E-state index in [0.29, 0.717) is 122 Å². The molecule has 0 amide bonds. The third-order valence-electron chi connectivity index (χ3n) is 6.68. The Bertz CT molecular complexity index is 1420. The van der Waals surface area contributed by atoms with Gasteiger partial charge in [-0.25, -0.2) is 0 Å². The number of ether oxygens (including phenoxy) is 4. The minimum Gasteiger partial charge on any atom is -0.490 e. The average Bonchev–Trinajstić information content (AvgIpc) is 3.11. The van der Waals surface area contributed by atoms with Crippen LogP contribution in [0.4, 0.5) is 11.4 Å². The van der Waals surface area contributed by atoms with Crippen LogP contribution in [0, 0.1) is 0 Å². The van der Waals surface area contributed by atoms with Gasteiger partial charge in [-0.1, -0.05) is 18.2 Å². The predicted octanol–water partition coefficient (Wildman–Crippen LogP) is 2.73. The summed E-state index contributed by atoms with van der Waals surface area (Å²) < 4.78 is 23.5. The Morgan fingerprint density at radius 3 is 1.23 bits per heavy atom. The number of nitrogens with two attached hydrogens (primary N) is 6. The molecule has 0 saturated heterocycles. The third-order valence-corrected chi connectivity index (χ3v) is 6.68. The lowest BCUT2D eigenvalue weighted by atomic mass is 10.0. The molecular formula is C34H48N10O4. The van der Waals surface area contributed by atoms with E-state index in [9.17, 15) is 0 Å². The number of nitrogens with zero attached hydrogens (tertiary/aromatic N) is 4. The van der Waals surface area contributed by atoms with Crippen LogP contribution in [0.2, 0.25) is 0 Å². The lowest BCUT2D eigenvalue weighted by Crippen LogP contribution is -2.10. The topological polar surface area (TPSA) is 242 Å². The second-order valence-electron chi connectivity index (χ2n) is 10.4. The molecule has 14 heteroatoms. The van der Waals surface area contributed by atoms with Crippen LogP contribution in [-0.2, 0) is 0 Å². The summed E-state index contributed by atoms with van der Waals surface area (Å²) in [5.41, 5.74) is 26.0. The van der Waals surface area contributed by atoms with Crippen LogP contribution in [0.25, 0.3) is 0 Å². The highest BCUT2D eigenvalue weighted by molar-refractivity contribution is 6.41. The first-order valence-corrected chi connectivity index (χ1v) is 15.9. The molecule has 0 aliphatic rings. The molecule has 0 heterocycles. The predicted molar refractivity (Wildman–Crippen MR) is 194 cm³/mol. The first-order chi connectivity index (χ1) is 23.6. The fourth-order valence-electron chi connectivity index (χ4n) is 4.15. The highest BCUT2D eigenvalue weighted by Gasteiger charge is 2.11. The standard InChI is InChI=1S/C34H48N10O4/c35-12-2-16-45-31-10-8-27(21-33(31)47-18-4-14-37)41-23-29(43-39)25-6-1-7-26(20-25)30(44-40)24-42-28-9-11-32(46-17-3-13-36)34(22-28)48-19-5-15-38/h1,6-11,20-24H,2-5,12-19,35-40H2/b41-23?,42-24?,43-29+,44-30+. The van der Waals surface area contributed by atoms with E-state index in [0.717, 1.165) is 12.8 Å².